The Morgan fingerprint density at radius 1 is 0.473 bits per heavy atom. The molecule has 8 aliphatic carbocycles. The highest BCUT2D eigenvalue weighted by atomic mass is 16.6. The third-order valence-electron chi connectivity index (χ3n) is 24.7. The van der Waals surface area contributed by atoms with Gasteiger partial charge in [-0.1, -0.05) is 138 Å². The van der Waals surface area contributed by atoms with Crippen LogP contribution in [0, 0.1) is 92.7 Å². The maximum absolute atomic E-state index is 12.7. The van der Waals surface area contributed by atoms with E-state index in [9.17, 15) is 19.2 Å². The molecule has 8 aliphatic rings. The Kier molecular flexibility index (Phi) is 34.9. The van der Waals surface area contributed by atoms with Crippen LogP contribution in [0.15, 0.2) is 23.3 Å². The summed E-state index contributed by atoms with van der Waals surface area (Å²) in [4.78, 5) is 47.7. The van der Waals surface area contributed by atoms with Crippen LogP contribution in [0.1, 0.15) is 250 Å². The van der Waals surface area contributed by atoms with Crippen LogP contribution < -0.4 is 0 Å². The van der Waals surface area contributed by atoms with Crippen LogP contribution in [-0.2, 0) is 61.8 Å². The van der Waals surface area contributed by atoms with Gasteiger partial charge in [-0.2, -0.15) is 0 Å². The molecule has 0 spiro atoms. The number of hydrogen-bond donors (Lipinski definition) is 2. The zero-order valence-corrected chi connectivity index (χ0v) is 60.0. The number of carboxylic acids is 1. The van der Waals surface area contributed by atoms with E-state index >= 15 is 0 Å². The van der Waals surface area contributed by atoms with Gasteiger partial charge in [0, 0.05) is 40.1 Å². The van der Waals surface area contributed by atoms with E-state index in [4.69, 9.17) is 52.8 Å². The van der Waals surface area contributed by atoms with Crippen LogP contribution in [0.3, 0.4) is 0 Å². The first kappa shape index (κ1) is 80.8. The zero-order valence-electron chi connectivity index (χ0n) is 60.0. The van der Waals surface area contributed by atoms with Gasteiger partial charge in [0.05, 0.1) is 98.4 Å². The van der Waals surface area contributed by atoms with Gasteiger partial charge in [-0.15, -0.1) is 0 Å². The van der Waals surface area contributed by atoms with E-state index in [2.05, 4.69) is 81.4 Å². The molecule has 15 nitrogen and oxygen atoms in total. The lowest BCUT2D eigenvalue weighted by atomic mass is 9.47. The zero-order chi connectivity index (χ0) is 66.9. The average Bonchev–Trinajstić information content (AvgIpc) is 1.71. The fourth-order valence-corrected chi connectivity index (χ4v) is 19.8. The van der Waals surface area contributed by atoms with Gasteiger partial charge in [-0.05, 0) is 183 Å². The molecule has 0 aromatic carbocycles. The monoisotopic (exact) mass is 1310 g/mol. The molecule has 0 radical (unpaired) electrons. The van der Waals surface area contributed by atoms with Crippen LogP contribution >= 0.6 is 0 Å². The number of fused-ring (bicyclic) bond motifs is 10. The Balaban J connectivity index is 0.000000294. The quantitative estimate of drug-likeness (QED) is 0.0260. The summed E-state index contributed by atoms with van der Waals surface area (Å²) in [5.41, 5.74) is 4.54. The van der Waals surface area contributed by atoms with E-state index in [-0.39, 0.29) is 87.3 Å². The van der Waals surface area contributed by atoms with E-state index in [1.165, 1.54) is 114 Å². The van der Waals surface area contributed by atoms with Gasteiger partial charge in [0.15, 0.2) is 0 Å². The number of ether oxygens (including phenoxy) is 9. The molecule has 0 saturated heterocycles. The second-order valence-corrected chi connectivity index (χ2v) is 31.4. The van der Waals surface area contributed by atoms with E-state index in [1.54, 1.807) is 14.2 Å². The summed E-state index contributed by atoms with van der Waals surface area (Å²) in [5, 5.41) is 17.2. The average molecular weight is 1310 g/mol. The lowest BCUT2D eigenvalue weighted by molar-refractivity contribution is -0.155. The molecular formula is C78H136O15. The standard InChI is InChI=1S/C39H66O7.C31H50O4.C7H16O4.CH4/c1-28(2)9-7-10-29(3)33-13-14-34-32-12-11-30-27-31(17-19-38(30,4)35(32)18-20-39(33,34)5)46-37(41)16-15-36(40)45-22-8-21-43-25-26-44-24-23-42-6;1-20(2)7-6-8-21(3)25-11-12-26-24-10-9-22-19-23(35-29(34)14-13-28(32)33)15-17-30(22,4)27(24)16-18-31(25,26)5;1-9-4-5-11-7-6-10-3-2-8;/h11,28-29,31-35H,7-10,12-27H2,1-6H3;9,20-21,23-27H,6-8,10-19H2,1-5H3,(H,32,33);8H,2-7H2,1H3;1H4/t29-,31?,32?,33-,34?,35?,38+,39-;21-,23?,24?,25-,26?,27?,30+,31-;;/m11../s1. The van der Waals surface area contributed by atoms with Crippen LogP contribution in [0.4, 0.5) is 0 Å². The molecule has 2 N–H and O–H groups in total. The Hall–Kier alpha value is -2.92. The maximum atomic E-state index is 12.7. The summed E-state index contributed by atoms with van der Waals surface area (Å²) in [6.07, 6.45) is 33.0. The smallest absolute Gasteiger partial charge is 0.306 e. The van der Waals surface area contributed by atoms with Crippen molar-refractivity contribution in [3.05, 3.63) is 23.3 Å². The van der Waals surface area contributed by atoms with Crippen molar-refractivity contribution in [2.75, 3.05) is 93.5 Å². The molecule has 0 aromatic heterocycles. The van der Waals surface area contributed by atoms with Crippen molar-refractivity contribution in [1.82, 2.24) is 0 Å². The van der Waals surface area contributed by atoms with Gasteiger partial charge in [0.25, 0.3) is 0 Å². The van der Waals surface area contributed by atoms with Gasteiger partial charge in [0.1, 0.15) is 12.2 Å². The summed E-state index contributed by atoms with van der Waals surface area (Å²) < 4.78 is 47.4. The number of aliphatic hydroxyl groups excluding tert-OH is 1. The molecule has 6 fully saturated rings. The summed E-state index contributed by atoms with van der Waals surface area (Å²) in [7, 11) is 3.27. The number of methoxy groups -OCH3 is 2. The molecule has 0 heterocycles. The number of rotatable bonds is 36. The Bertz CT molecular complexity index is 2260. The van der Waals surface area contributed by atoms with Crippen molar-refractivity contribution < 1.29 is 72.0 Å². The largest absolute Gasteiger partial charge is 0.481 e. The summed E-state index contributed by atoms with van der Waals surface area (Å²) in [5.74, 6) is 7.98. The Morgan fingerprint density at radius 2 is 0.882 bits per heavy atom. The third-order valence-corrected chi connectivity index (χ3v) is 24.7. The number of esters is 3. The van der Waals surface area contributed by atoms with E-state index < -0.39 is 5.97 Å². The number of aliphatic hydroxyl groups is 1. The van der Waals surface area contributed by atoms with Crippen molar-refractivity contribution in [2.45, 2.75) is 262 Å². The molecule has 538 valence electrons. The normalized spacial score (nSPS) is 32.2. The molecule has 0 aliphatic heterocycles. The van der Waals surface area contributed by atoms with Crippen molar-refractivity contribution in [3.63, 3.8) is 0 Å². The van der Waals surface area contributed by atoms with E-state index in [0.29, 0.717) is 83.3 Å². The molecule has 15 heteroatoms. The number of carboxylic acid groups (broad SMARTS) is 1. The van der Waals surface area contributed by atoms with Crippen molar-refractivity contribution in [3.8, 4) is 0 Å². The summed E-state index contributed by atoms with van der Waals surface area (Å²) in [6, 6.07) is 0. The van der Waals surface area contributed by atoms with Gasteiger partial charge >= 0.3 is 23.9 Å². The predicted molar refractivity (Wildman–Crippen MR) is 368 cm³/mol. The van der Waals surface area contributed by atoms with E-state index in [1.807, 2.05) is 0 Å². The topological polar surface area (TPSA) is 192 Å². The Labute approximate surface area is 565 Å². The van der Waals surface area contributed by atoms with Gasteiger partial charge < -0.3 is 52.8 Å². The second kappa shape index (κ2) is 40.2. The number of aliphatic carboxylic acids is 1. The second-order valence-electron chi connectivity index (χ2n) is 31.4. The summed E-state index contributed by atoms with van der Waals surface area (Å²) >= 11 is 0. The van der Waals surface area contributed by atoms with Crippen molar-refractivity contribution in [1.29, 1.82) is 0 Å². The van der Waals surface area contributed by atoms with Crippen molar-refractivity contribution in [2.24, 2.45) is 92.7 Å². The highest BCUT2D eigenvalue weighted by molar-refractivity contribution is 5.78. The fraction of sp³-hybridized carbons (Fsp3) is 0.897. The van der Waals surface area contributed by atoms with Crippen molar-refractivity contribution >= 4 is 23.9 Å². The predicted octanol–water partition coefficient (Wildman–Crippen LogP) is 16.4. The first-order chi connectivity index (χ1) is 44.0. The van der Waals surface area contributed by atoms with Crippen LogP contribution in [0.25, 0.3) is 0 Å². The number of allylic oxidation sites excluding steroid dienone is 2. The highest BCUT2D eigenvalue weighted by Gasteiger charge is 2.61. The molecule has 0 bridgehead atoms. The maximum Gasteiger partial charge on any atom is 0.306 e. The molecule has 6 saturated carbocycles. The lowest BCUT2D eigenvalue weighted by Crippen LogP contribution is -2.51. The Morgan fingerprint density at radius 3 is 1.30 bits per heavy atom. The molecule has 8 rings (SSSR count). The number of carbonyl (C=O) groups is 4. The highest BCUT2D eigenvalue weighted by Crippen LogP contribution is 2.69. The first-order valence-corrected chi connectivity index (χ1v) is 37.1. The number of carbonyl (C=O) groups excluding carboxylic acids is 3. The van der Waals surface area contributed by atoms with Crippen LogP contribution in [0.2, 0.25) is 0 Å². The van der Waals surface area contributed by atoms with Crippen LogP contribution in [0.5, 0.6) is 0 Å². The third kappa shape index (κ3) is 23.1. The van der Waals surface area contributed by atoms with Gasteiger partial charge in [-0.3, -0.25) is 19.2 Å². The SMILES string of the molecule is C.CC(C)CCC[C@@H](C)[C@H]1CCC2C3CC=C4CC(OC(=O)CCC(=O)O)CC[C@]4(C)C3CC[C@@]21C.COCCOCCOCCCOC(=O)CCC(=O)OC1CC[C@@]2(C)C(=CCC3C2CC[C@@]2(C)C3CC[C@@H]2[C@H](C)CCCC(C)C)C1.COCCOCCOCCO. The minimum absolute atomic E-state index is 0. The summed E-state index contributed by atoms with van der Waals surface area (Å²) in [6.45, 7) is 30.5. The fourth-order valence-electron chi connectivity index (χ4n) is 19.8. The number of hydrogen-bond acceptors (Lipinski definition) is 14. The first-order valence-electron chi connectivity index (χ1n) is 37.1. The molecular weight excluding hydrogens is 1180 g/mol. The molecule has 16 atom stereocenters. The van der Waals surface area contributed by atoms with Gasteiger partial charge in [0.2, 0.25) is 0 Å². The van der Waals surface area contributed by atoms with Gasteiger partial charge in [-0.25, -0.2) is 0 Å². The van der Waals surface area contributed by atoms with E-state index in [0.717, 1.165) is 110 Å². The van der Waals surface area contributed by atoms with Crippen LogP contribution in [-0.4, -0.2) is 140 Å². The minimum atomic E-state index is -0.942. The molecule has 8 unspecified atom stereocenters. The lowest BCUT2D eigenvalue weighted by Gasteiger charge is -2.58. The molecule has 93 heavy (non-hydrogen) atoms. The minimum Gasteiger partial charge on any atom is -0.481 e. The molecule has 0 aromatic rings. The molecule has 0 amide bonds.